The van der Waals surface area contributed by atoms with Gasteiger partial charge in [-0.1, -0.05) is 23.7 Å². The van der Waals surface area contributed by atoms with E-state index in [-0.39, 0.29) is 12.2 Å². The molecule has 1 aromatic carbocycles. The number of nitrogens with one attached hydrogen (secondary N) is 1. The number of aliphatic hydroxyl groups excluding tert-OH is 1. The van der Waals surface area contributed by atoms with Crippen molar-refractivity contribution in [2.45, 2.75) is 6.10 Å². The van der Waals surface area contributed by atoms with Crippen LogP contribution in [-0.4, -0.2) is 21.6 Å². The lowest BCUT2D eigenvalue weighted by molar-refractivity contribution is -0.385. The fraction of sp³-hybridized carbons (Fsp3) is 0.154. The minimum absolute atomic E-state index is 0.0752. The Morgan fingerprint density at radius 1 is 1.30 bits per heavy atom. The van der Waals surface area contributed by atoms with Gasteiger partial charge in [0.25, 0.3) is 5.69 Å². The van der Waals surface area contributed by atoms with Crippen LogP contribution in [0.3, 0.4) is 0 Å². The first kappa shape index (κ1) is 14.2. The molecule has 0 saturated heterocycles. The van der Waals surface area contributed by atoms with E-state index in [0.29, 0.717) is 10.8 Å². The average Bonchev–Trinajstić information content (AvgIpc) is 2.46. The number of aromatic nitrogens is 1. The molecule has 0 saturated carbocycles. The second-order valence-corrected chi connectivity index (χ2v) is 4.54. The highest BCUT2D eigenvalue weighted by Gasteiger charge is 2.09. The van der Waals surface area contributed by atoms with Crippen molar-refractivity contribution >= 4 is 23.1 Å². The molecule has 0 bridgehead atoms. The molecule has 0 aliphatic heterocycles. The summed E-state index contributed by atoms with van der Waals surface area (Å²) in [5.74, 6) is 0.462. The van der Waals surface area contributed by atoms with Crippen LogP contribution in [0.4, 0.5) is 11.5 Å². The molecule has 0 aliphatic carbocycles. The molecule has 0 radical (unpaired) electrons. The van der Waals surface area contributed by atoms with Gasteiger partial charge in [-0.05, 0) is 23.8 Å². The van der Waals surface area contributed by atoms with Gasteiger partial charge in [0.2, 0.25) is 0 Å². The number of halogens is 1. The van der Waals surface area contributed by atoms with Crippen LogP contribution in [0, 0.1) is 10.1 Å². The van der Waals surface area contributed by atoms with E-state index in [0.717, 1.165) is 11.8 Å². The van der Waals surface area contributed by atoms with Gasteiger partial charge in [0.1, 0.15) is 12.0 Å². The van der Waals surface area contributed by atoms with E-state index >= 15 is 0 Å². The zero-order chi connectivity index (χ0) is 14.5. The number of benzene rings is 1. The lowest BCUT2D eigenvalue weighted by Gasteiger charge is -2.12. The quantitative estimate of drug-likeness (QED) is 0.653. The largest absolute Gasteiger partial charge is 0.387 e. The highest BCUT2D eigenvalue weighted by molar-refractivity contribution is 6.30. The third-order valence-electron chi connectivity index (χ3n) is 2.69. The summed E-state index contributed by atoms with van der Waals surface area (Å²) in [6.45, 7) is 0.243. The van der Waals surface area contributed by atoms with Crippen molar-refractivity contribution in [2.75, 3.05) is 11.9 Å². The summed E-state index contributed by atoms with van der Waals surface area (Å²) < 4.78 is 0. The first-order chi connectivity index (χ1) is 9.56. The van der Waals surface area contributed by atoms with E-state index in [9.17, 15) is 15.2 Å². The standard InChI is InChI=1S/C13H12ClN3O3/c14-10-3-1-9(2-4-10)12(18)8-16-13-6-5-11(7-15-13)17(19)20/h1-7,12,18H,8H2,(H,15,16)/t12-/m1/s1. The Hall–Kier alpha value is -2.18. The predicted octanol–water partition coefficient (Wildman–Crippen LogP) is 2.79. The van der Waals surface area contributed by atoms with Crippen molar-refractivity contribution in [3.63, 3.8) is 0 Å². The van der Waals surface area contributed by atoms with Gasteiger partial charge in [-0.2, -0.15) is 0 Å². The van der Waals surface area contributed by atoms with Gasteiger partial charge < -0.3 is 10.4 Å². The van der Waals surface area contributed by atoms with Crippen molar-refractivity contribution in [2.24, 2.45) is 0 Å². The summed E-state index contributed by atoms with van der Waals surface area (Å²) in [4.78, 5) is 13.9. The van der Waals surface area contributed by atoms with Crippen molar-refractivity contribution < 1.29 is 10.0 Å². The molecular weight excluding hydrogens is 282 g/mol. The molecule has 2 aromatic rings. The Morgan fingerprint density at radius 2 is 2.00 bits per heavy atom. The zero-order valence-electron chi connectivity index (χ0n) is 10.4. The van der Waals surface area contributed by atoms with Crippen molar-refractivity contribution in [3.8, 4) is 0 Å². The summed E-state index contributed by atoms with van der Waals surface area (Å²) in [7, 11) is 0. The van der Waals surface area contributed by atoms with Crippen molar-refractivity contribution in [3.05, 3.63) is 63.3 Å². The van der Waals surface area contributed by atoms with E-state index in [2.05, 4.69) is 10.3 Å². The summed E-state index contributed by atoms with van der Waals surface area (Å²) in [5.41, 5.74) is 0.651. The second-order valence-electron chi connectivity index (χ2n) is 4.11. The molecule has 7 heteroatoms. The highest BCUT2D eigenvalue weighted by atomic mass is 35.5. The third-order valence-corrected chi connectivity index (χ3v) is 2.94. The van der Waals surface area contributed by atoms with E-state index in [1.165, 1.54) is 12.1 Å². The van der Waals surface area contributed by atoms with E-state index in [4.69, 9.17) is 11.6 Å². The molecule has 104 valence electrons. The Balaban J connectivity index is 1.94. The number of hydrogen-bond acceptors (Lipinski definition) is 5. The maximum Gasteiger partial charge on any atom is 0.287 e. The first-order valence-corrected chi connectivity index (χ1v) is 6.22. The molecule has 0 spiro atoms. The SMILES string of the molecule is O=[N+]([O-])c1ccc(NC[C@@H](O)c2ccc(Cl)cc2)nc1. The Morgan fingerprint density at radius 3 is 2.55 bits per heavy atom. The van der Waals surface area contributed by atoms with Gasteiger partial charge in [-0.25, -0.2) is 4.98 Å². The number of nitrogens with zero attached hydrogens (tertiary/aromatic N) is 2. The number of pyridine rings is 1. The van der Waals surface area contributed by atoms with Gasteiger partial charge >= 0.3 is 0 Å². The monoisotopic (exact) mass is 293 g/mol. The van der Waals surface area contributed by atoms with E-state index < -0.39 is 11.0 Å². The fourth-order valence-corrected chi connectivity index (χ4v) is 1.73. The van der Waals surface area contributed by atoms with Crippen LogP contribution in [0.15, 0.2) is 42.6 Å². The van der Waals surface area contributed by atoms with Crippen LogP contribution < -0.4 is 5.32 Å². The molecule has 1 heterocycles. The number of nitro groups is 1. The molecule has 20 heavy (non-hydrogen) atoms. The minimum Gasteiger partial charge on any atom is -0.387 e. The summed E-state index contributed by atoms with van der Waals surface area (Å²) >= 11 is 5.77. The highest BCUT2D eigenvalue weighted by Crippen LogP contribution is 2.17. The molecule has 2 N–H and O–H groups in total. The van der Waals surface area contributed by atoms with Crippen molar-refractivity contribution in [1.29, 1.82) is 0 Å². The van der Waals surface area contributed by atoms with Crippen LogP contribution in [-0.2, 0) is 0 Å². The zero-order valence-corrected chi connectivity index (χ0v) is 11.1. The van der Waals surface area contributed by atoms with Gasteiger partial charge in [0.05, 0.1) is 11.0 Å². The maximum absolute atomic E-state index is 10.5. The number of aliphatic hydroxyl groups is 1. The molecule has 2 rings (SSSR count). The Bertz CT molecular complexity index is 587. The van der Waals surface area contributed by atoms with Crippen LogP contribution in [0.5, 0.6) is 0 Å². The summed E-state index contributed by atoms with van der Waals surface area (Å²) in [6, 6.07) is 9.71. The maximum atomic E-state index is 10.5. The molecule has 6 nitrogen and oxygen atoms in total. The van der Waals surface area contributed by atoms with Gasteiger partial charge in [-0.15, -0.1) is 0 Å². The average molecular weight is 294 g/mol. The number of hydrogen-bond donors (Lipinski definition) is 2. The van der Waals surface area contributed by atoms with Gasteiger partial charge in [-0.3, -0.25) is 10.1 Å². The van der Waals surface area contributed by atoms with Crippen LogP contribution >= 0.6 is 11.6 Å². The predicted molar refractivity (Wildman–Crippen MR) is 75.8 cm³/mol. The van der Waals surface area contributed by atoms with Crippen LogP contribution in [0.25, 0.3) is 0 Å². The topological polar surface area (TPSA) is 88.3 Å². The normalized spacial score (nSPS) is 11.9. The number of anilines is 1. The van der Waals surface area contributed by atoms with Crippen molar-refractivity contribution in [1.82, 2.24) is 4.98 Å². The summed E-state index contributed by atoms with van der Waals surface area (Å²) in [6.07, 6.45) is 0.445. The molecule has 0 unspecified atom stereocenters. The first-order valence-electron chi connectivity index (χ1n) is 5.84. The smallest absolute Gasteiger partial charge is 0.287 e. The molecule has 1 aromatic heterocycles. The van der Waals surface area contributed by atoms with Crippen LogP contribution in [0.2, 0.25) is 5.02 Å². The molecule has 0 aliphatic rings. The van der Waals surface area contributed by atoms with Gasteiger partial charge in [0.15, 0.2) is 0 Å². The number of rotatable bonds is 5. The van der Waals surface area contributed by atoms with E-state index in [1.54, 1.807) is 24.3 Å². The molecule has 0 amide bonds. The Labute approximate surface area is 120 Å². The van der Waals surface area contributed by atoms with E-state index in [1.807, 2.05) is 0 Å². The fourth-order valence-electron chi connectivity index (χ4n) is 1.60. The van der Waals surface area contributed by atoms with Crippen LogP contribution in [0.1, 0.15) is 11.7 Å². The summed E-state index contributed by atoms with van der Waals surface area (Å²) in [5, 5.41) is 24.0. The lowest BCUT2D eigenvalue weighted by atomic mass is 10.1. The lowest BCUT2D eigenvalue weighted by Crippen LogP contribution is -2.12. The Kier molecular flexibility index (Phi) is 4.49. The minimum atomic E-state index is -0.718. The third kappa shape index (κ3) is 3.66. The second kappa shape index (κ2) is 6.31. The molecule has 1 atom stereocenters. The molecule has 0 fully saturated rings. The molecular formula is C13H12ClN3O3. The van der Waals surface area contributed by atoms with Gasteiger partial charge in [0, 0.05) is 17.6 Å².